The highest BCUT2D eigenvalue weighted by molar-refractivity contribution is 9.10. The van der Waals surface area contributed by atoms with E-state index in [1.165, 1.54) is 18.2 Å². The zero-order valence-corrected chi connectivity index (χ0v) is 10.1. The van der Waals surface area contributed by atoms with Gasteiger partial charge in [0.25, 0.3) is 5.69 Å². The van der Waals surface area contributed by atoms with E-state index in [2.05, 4.69) is 25.9 Å². The first-order chi connectivity index (χ1) is 7.90. The Bertz CT molecular complexity index is 509. The molecule has 0 atom stereocenters. The Hall–Kier alpha value is -2.16. The zero-order chi connectivity index (χ0) is 13.0. The minimum absolute atomic E-state index is 0.0619. The number of nitro benzene ring substituents is 1. The minimum atomic E-state index is -0.575. The van der Waals surface area contributed by atoms with E-state index < -0.39 is 4.92 Å². The lowest BCUT2D eigenvalue weighted by molar-refractivity contribution is -0.384. The predicted octanol–water partition coefficient (Wildman–Crippen LogP) is 0.577. The Morgan fingerprint density at radius 3 is 2.53 bits per heavy atom. The lowest BCUT2D eigenvalue weighted by Crippen LogP contribution is -2.26. The van der Waals surface area contributed by atoms with Gasteiger partial charge in [0, 0.05) is 10.5 Å². The quantitative estimate of drug-likeness (QED) is 0.316. The number of guanidine groups is 2. The average Bonchev–Trinajstić information content (AvgIpc) is 2.15. The molecule has 0 amide bonds. The Balaban J connectivity index is 3.25. The van der Waals surface area contributed by atoms with Crippen LogP contribution in [0.3, 0.4) is 0 Å². The molecule has 1 aromatic carbocycles. The highest BCUT2D eigenvalue weighted by Crippen LogP contribution is 2.30. The van der Waals surface area contributed by atoms with E-state index in [0.29, 0.717) is 4.47 Å². The number of nitrogens with two attached hydrogens (primary N) is 3. The van der Waals surface area contributed by atoms with Crippen LogP contribution in [0.2, 0.25) is 0 Å². The second kappa shape index (κ2) is 5.25. The molecule has 0 unspecified atom stereocenters. The van der Waals surface area contributed by atoms with Gasteiger partial charge >= 0.3 is 0 Å². The number of halogens is 1. The molecule has 0 aliphatic carbocycles. The molecule has 0 aliphatic rings. The number of nitro groups is 1. The molecular weight excluding hydrogens is 292 g/mol. The summed E-state index contributed by atoms with van der Waals surface area (Å²) in [5, 5.41) is 10.7. The van der Waals surface area contributed by atoms with E-state index in [0.717, 1.165) is 0 Å². The minimum Gasteiger partial charge on any atom is -0.370 e. The van der Waals surface area contributed by atoms with Crippen LogP contribution in [0.25, 0.3) is 0 Å². The van der Waals surface area contributed by atoms with Crippen LogP contribution in [0.5, 0.6) is 0 Å². The average molecular weight is 301 g/mol. The summed E-state index contributed by atoms with van der Waals surface area (Å²) in [6.07, 6.45) is 0. The molecule has 0 saturated heterocycles. The van der Waals surface area contributed by atoms with Crippen molar-refractivity contribution in [1.82, 2.24) is 0 Å². The third kappa shape index (κ3) is 3.72. The first kappa shape index (κ1) is 12.9. The molecule has 0 radical (unpaired) electrons. The van der Waals surface area contributed by atoms with Crippen LogP contribution >= 0.6 is 15.9 Å². The van der Waals surface area contributed by atoms with E-state index in [4.69, 9.17) is 17.2 Å². The number of rotatable bonds is 2. The highest BCUT2D eigenvalue weighted by Gasteiger charge is 2.13. The second-order valence-corrected chi connectivity index (χ2v) is 3.81. The molecule has 17 heavy (non-hydrogen) atoms. The fraction of sp³-hybridized carbons (Fsp3) is 0. The number of nitrogens with zero attached hydrogens (tertiary/aromatic N) is 3. The summed E-state index contributed by atoms with van der Waals surface area (Å²) >= 11 is 3.17. The van der Waals surface area contributed by atoms with Crippen molar-refractivity contribution in [2.24, 2.45) is 27.2 Å². The van der Waals surface area contributed by atoms with Crippen LogP contribution in [0.1, 0.15) is 0 Å². The van der Waals surface area contributed by atoms with Gasteiger partial charge in [-0.05, 0) is 12.1 Å². The summed E-state index contributed by atoms with van der Waals surface area (Å²) < 4.78 is 0.624. The summed E-state index contributed by atoms with van der Waals surface area (Å²) in [4.78, 5) is 17.4. The van der Waals surface area contributed by atoms with E-state index in [9.17, 15) is 10.1 Å². The van der Waals surface area contributed by atoms with Crippen LogP contribution < -0.4 is 17.2 Å². The van der Waals surface area contributed by atoms with E-state index in [1.807, 2.05) is 0 Å². The van der Waals surface area contributed by atoms with Crippen molar-refractivity contribution in [2.45, 2.75) is 0 Å². The molecular formula is C8H9BrN6O2. The van der Waals surface area contributed by atoms with Gasteiger partial charge in [0.1, 0.15) is 5.69 Å². The van der Waals surface area contributed by atoms with Crippen LogP contribution in [-0.2, 0) is 0 Å². The molecule has 0 aromatic heterocycles. The van der Waals surface area contributed by atoms with E-state index in [1.54, 1.807) is 0 Å². The first-order valence-electron chi connectivity index (χ1n) is 4.28. The van der Waals surface area contributed by atoms with Gasteiger partial charge in [0.15, 0.2) is 5.96 Å². The summed E-state index contributed by atoms with van der Waals surface area (Å²) in [6, 6.07) is 4.26. The number of benzene rings is 1. The standard InChI is InChI=1S/C8H9BrN6O2/c9-4-1-2-6(15(16)17)5(3-4)13-8(12)14-7(10)11/h1-3H,(H6,10,11,12,13,14). The van der Waals surface area contributed by atoms with Gasteiger partial charge in [0.2, 0.25) is 5.96 Å². The summed E-state index contributed by atoms with van der Waals surface area (Å²) in [6.45, 7) is 0. The van der Waals surface area contributed by atoms with Crippen molar-refractivity contribution >= 4 is 39.2 Å². The molecule has 0 heterocycles. The van der Waals surface area contributed by atoms with E-state index in [-0.39, 0.29) is 23.3 Å². The molecule has 1 rings (SSSR count). The Morgan fingerprint density at radius 2 is 2.00 bits per heavy atom. The summed E-state index contributed by atoms with van der Waals surface area (Å²) in [7, 11) is 0. The maximum Gasteiger partial charge on any atom is 0.295 e. The zero-order valence-electron chi connectivity index (χ0n) is 8.50. The molecule has 9 heteroatoms. The molecule has 6 N–H and O–H groups in total. The molecule has 0 aliphatic heterocycles. The maximum absolute atomic E-state index is 10.7. The topological polar surface area (TPSA) is 146 Å². The highest BCUT2D eigenvalue weighted by atomic mass is 79.9. The van der Waals surface area contributed by atoms with Crippen LogP contribution in [0, 0.1) is 10.1 Å². The largest absolute Gasteiger partial charge is 0.370 e. The van der Waals surface area contributed by atoms with Gasteiger partial charge in [-0.15, -0.1) is 0 Å². The smallest absolute Gasteiger partial charge is 0.295 e. The normalized spacial score (nSPS) is 11.0. The Labute approximate surface area is 104 Å². The second-order valence-electron chi connectivity index (χ2n) is 2.90. The lowest BCUT2D eigenvalue weighted by Gasteiger charge is -1.99. The summed E-state index contributed by atoms with van der Waals surface area (Å²) in [5.74, 6) is -0.532. The molecule has 0 fully saturated rings. The van der Waals surface area contributed by atoms with Crippen molar-refractivity contribution in [3.05, 3.63) is 32.8 Å². The van der Waals surface area contributed by atoms with E-state index >= 15 is 0 Å². The monoisotopic (exact) mass is 300 g/mol. The molecule has 0 bridgehead atoms. The van der Waals surface area contributed by atoms with Crippen molar-refractivity contribution in [1.29, 1.82) is 0 Å². The van der Waals surface area contributed by atoms with Crippen molar-refractivity contribution in [3.8, 4) is 0 Å². The third-order valence-electron chi connectivity index (χ3n) is 1.61. The van der Waals surface area contributed by atoms with Gasteiger partial charge in [-0.3, -0.25) is 10.1 Å². The van der Waals surface area contributed by atoms with Gasteiger partial charge in [-0.25, -0.2) is 4.99 Å². The molecule has 1 aromatic rings. The fourth-order valence-corrected chi connectivity index (χ4v) is 1.37. The number of hydrogen-bond acceptors (Lipinski definition) is 3. The van der Waals surface area contributed by atoms with Crippen LogP contribution in [-0.4, -0.2) is 16.8 Å². The molecule has 8 nitrogen and oxygen atoms in total. The Morgan fingerprint density at radius 1 is 1.35 bits per heavy atom. The van der Waals surface area contributed by atoms with Gasteiger partial charge in [-0.1, -0.05) is 15.9 Å². The lowest BCUT2D eigenvalue weighted by atomic mass is 10.3. The first-order valence-corrected chi connectivity index (χ1v) is 5.07. The van der Waals surface area contributed by atoms with Gasteiger partial charge in [0.05, 0.1) is 4.92 Å². The maximum atomic E-state index is 10.7. The Kier molecular flexibility index (Phi) is 3.99. The molecule has 0 spiro atoms. The number of aliphatic imine (C=N–C) groups is 2. The summed E-state index contributed by atoms with van der Waals surface area (Å²) in [5.41, 5.74) is 15.5. The third-order valence-corrected chi connectivity index (χ3v) is 2.11. The molecule has 90 valence electrons. The molecule has 0 saturated carbocycles. The fourth-order valence-electron chi connectivity index (χ4n) is 1.02. The van der Waals surface area contributed by atoms with Gasteiger partial charge < -0.3 is 17.2 Å². The van der Waals surface area contributed by atoms with Crippen molar-refractivity contribution in [2.75, 3.05) is 0 Å². The number of hydrogen-bond donors (Lipinski definition) is 3. The van der Waals surface area contributed by atoms with Crippen LogP contribution in [0.15, 0.2) is 32.7 Å². The van der Waals surface area contributed by atoms with Gasteiger partial charge in [-0.2, -0.15) is 4.99 Å². The SMILES string of the molecule is NC(N)=NC(N)=Nc1cc(Br)ccc1[N+](=O)[O-]. The predicted molar refractivity (Wildman–Crippen MR) is 67.9 cm³/mol. The van der Waals surface area contributed by atoms with Crippen molar-refractivity contribution in [3.63, 3.8) is 0 Å². The van der Waals surface area contributed by atoms with Crippen molar-refractivity contribution < 1.29 is 4.92 Å². The van der Waals surface area contributed by atoms with Crippen LogP contribution in [0.4, 0.5) is 11.4 Å².